The lowest BCUT2D eigenvalue weighted by atomic mass is 10.1. The van der Waals surface area contributed by atoms with Gasteiger partial charge in [0.1, 0.15) is 5.75 Å². The summed E-state index contributed by atoms with van der Waals surface area (Å²) in [5.74, 6) is 0.690. The third-order valence-electron chi connectivity index (χ3n) is 4.05. The van der Waals surface area contributed by atoms with E-state index in [4.69, 9.17) is 4.18 Å². The Hall–Kier alpha value is -2.60. The van der Waals surface area contributed by atoms with Crippen LogP contribution in [-0.4, -0.2) is 32.0 Å². The summed E-state index contributed by atoms with van der Waals surface area (Å²) < 4.78 is 27.3. The molecule has 1 amide bonds. The van der Waals surface area contributed by atoms with Gasteiger partial charge in [-0.3, -0.25) is 4.79 Å². The molecular formula is C22H27NO4S. The summed E-state index contributed by atoms with van der Waals surface area (Å²) in [4.78, 5) is 14.5. The van der Waals surface area contributed by atoms with Crippen molar-refractivity contribution in [3.05, 3.63) is 71.8 Å². The van der Waals surface area contributed by atoms with Crippen molar-refractivity contribution >= 4 is 22.1 Å². The van der Waals surface area contributed by atoms with Crippen LogP contribution in [-0.2, 0) is 21.5 Å². The van der Waals surface area contributed by atoms with Gasteiger partial charge in [-0.15, -0.1) is 0 Å². The molecule has 2 aromatic carbocycles. The van der Waals surface area contributed by atoms with E-state index in [9.17, 15) is 13.2 Å². The van der Waals surface area contributed by atoms with E-state index in [-0.39, 0.29) is 11.7 Å². The molecule has 0 aromatic heterocycles. The van der Waals surface area contributed by atoms with Crippen molar-refractivity contribution in [1.29, 1.82) is 0 Å². The van der Waals surface area contributed by atoms with Gasteiger partial charge in [0.15, 0.2) is 0 Å². The molecule has 0 bridgehead atoms. The van der Waals surface area contributed by atoms with Crippen molar-refractivity contribution in [3.63, 3.8) is 0 Å². The van der Waals surface area contributed by atoms with Gasteiger partial charge in [-0.2, -0.15) is 8.42 Å². The van der Waals surface area contributed by atoms with Crippen LogP contribution in [0.5, 0.6) is 5.75 Å². The highest BCUT2D eigenvalue weighted by atomic mass is 32.2. The molecule has 0 aliphatic rings. The van der Waals surface area contributed by atoms with Crippen LogP contribution in [0.3, 0.4) is 0 Å². The molecule has 0 atom stereocenters. The monoisotopic (exact) mass is 401 g/mol. The average molecular weight is 402 g/mol. The van der Waals surface area contributed by atoms with E-state index >= 15 is 0 Å². The van der Waals surface area contributed by atoms with Crippen molar-refractivity contribution in [1.82, 2.24) is 4.90 Å². The molecule has 0 N–H and O–H groups in total. The maximum atomic E-state index is 12.7. The average Bonchev–Trinajstić information content (AvgIpc) is 2.64. The SMILES string of the molecule is CC(C)CCN(Cc1ccc(OS(C)(=O)=O)cc1)C(=O)C=Cc1ccccc1. The molecule has 0 saturated carbocycles. The maximum absolute atomic E-state index is 12.7. The molecule has 0 aliphatic heterocycles. The van der Waals surface area contributed by atoms with Gasteiger partial charge in [-0.25, -0.2) is 0 Å². The second-order valence-electron chi connectivity index (χ2n) is 7.12. The third-order valence-corrected chi connectivity index (χ3v) is 4.55. The topological polar surface area (TPSA) is 63.7 Å². The van der Waals surface area contributed by atoms with Crippen molar-refractivity contribution in [2.24, 2.45) is 5.92 Å². The molecule has 0 aliphatic carbocycles. The van der Waals surface area contributed by atoms with Gasteiger partial charge in [0, 0.05) is 19.2 Å². The van der Waals surface area contributed by atoms with Crippen LogP contribution >= 0.6 is 0 Å². The molecule has 0 spiro atoms. The summed E-state index contributed by atoms with van der Waals surface area (Å²) in [6, 6.07) is 16.4. The number of hydrogen-bond acceptors (Lipinski definition) is 4. The zero-order valence-electron chi connectivity index (χ0n) is 16.5. The number of benzene rings is 2. The van der Waals surface area contributed by atoms with Crippen LogP contribution < -0.4 is 4.18 Å². The fourth-order valence-corrected chi connectivity index (χ4v) is 3.02. The van der Waals surface area contributed by atoms with Crippen LogP contribution in [0.1, 0.15) is 31.4 Å². The van der Waals surface area contributed by atoms with E-state index in [2.05, 4.69) is 13.8 Å². The summed E-state index contributed by atoms with van der Waals surface area (Å²) in [6.07, 6.45) is 5.32. The second kappa shape index (κ2) is 10.1. The summed E-state index contributed by atoms with van der Waals surface area (Å²) in [6.45, 7) is 5.35. The summed E-state index contributed by atoms with van der Waals surface area (Å²) in [5, 5.41) is 0. The lowest BCUT2D eigenvalue weighted by Crippen LogP contribution is -2.30. The molecule has 2 rings (SSSR count). The largest absolute Gasteiger partial charge is 0.383 e. The van der Waals surface area contributed by atoms with Gasteiger partial charge in [-0.05, 0) is 41.7 Å². The summed E-state index contributed by atoms with van der Waals surface area (Å²) >= 11 is 0. The highest BCUT2D eigenvalue weighted by Gasteiger charge is 2.13. The van der Waals surface area contributed by atoms with E-state index in [1.54, 1.807) is 35.2 Å². The molecule has 28 heavy (non-hydrogen) atoms. The molecule has 5 nitrogen and oxygen atoms in total. The van der Waals surface area contributed by atoms with E-state index < -0.39 is 10.1 Å². The van der Waals surface area contributed by atoms with E-state index in [1.807, 2.05) is 36.4 Å². The molecule has 0 heterocycles. The lowest BCUT2D eigenvalue weighted by molar-refractivity contribution is -0.126. The normalized spacial score (nSPS) is 11.7. The van der Waals surface area contributed by atoms with Crippen LogP contribution in [0.15, 0.2) is 60.7 Å². The van der Waals surface area contributed by atoms with Gasteiger partial charge in [0.25, 0.3) is 0 Å². The number of carbonyl (C=O) groups excluding carboxylic acids is 1. The number of rotatable bonds is 9. The smallest absolute Gasteiger partial charge is 0.306 e. The number of nitrogens with zero attached hydrogens (tertiary/aromatic N) is 1. The molecule has 0 saturated heterocycles. The van der Waals surface area contributed by atoms with Crippen LogP contribution in [0.25, 0.3) is 6.08 Å². The van der Waals surface area contributed by atoms with Gasteiger partial charge in [-0.1, -0.05) is 56.3 Å². The predicted octanol–water partition coefficient (Wildman–Crippen LogP) is 4.11. The van der Waals surface area contributed by atoms with Gasteiger partial charge in [0.2, 0.25) is 5.91 Å². The summed E-state index contributed by atoms with van der Waals surface area (Å²) in [7, 11) is -3.55. The Morgan fingerprint density at radius 1 is 1.07 bits per heavy atom. The van der Waals surface area contributed by atoms with E-state index in [1.165, 1.54) is 0 Å². The molecular weight excluding hydrogens is 374 g/mol. The van der Waals surface area contributed by atoms with Crippen molar-refractivity contribution in [2.45, 2.75) is 26.8 Å². The molecule has 6 heteroatoms. The molecule has 2 aromatic rings. The second-order valence-corrected chi connectivity index (χ2v) is 8.69. The van der Waals surface area contributed by atoms with Crippen molar-refractivity contribution in [2.75, 3.05) is 12.8 Å². The Balaban J connectivity index is 2.09. The molecule has 0 radical (unpaired) electrons. The first kappa shape index (κ1) is 21.7. The number of amides is 1. The zero-order valence-corrected chi connectivity index (χ0v) is 17.4. The first-order valence-corrected chi connectivity index (χ1v) is 11.0. The minimum absolute atomic E-state index is 0.0547. The quantitative estimate of drug-likeness (QED) is 0.468. The highest BCUT2D eigenvalue weighted by Crippen LogP contribution is 2.16. The Labute approximate surface area is 167 Å². The first-order chi connectivity index (χ1) is 13.2. The fraction of sp³-hybridized carbons (Fsp3) is 0.318. The maximum Gasteiger partial charge on any atom is 0.306 e. The predicted molar refractivity (Wildman–Crippen MR) is 112 cm³/mol. The van der Waals surface area contributed by atoms with Gasteiger partial charge >= 0.3 is 10.1 Å². The first-order valence-electron chi connectivity index (χ1n) is 9.23. The minimum atomic E-state index is -3.55. The third kappa shape index (κ3) is 7.96. The zero-order chi connectivity index (χ0) is 20.6. The molecule has 0 unspecified atom stereocenters. The Morgan fingerprint density at radius 2 is 1.71 bits per heavy atom. The van der Waals surface area contributed by atoms with Crippen LogP contribution in [0.4, 0.5) is 0 Å². The lowest BCUT2D eigenvalue weighted by Gasteiger charge is -2.22. The highest BCUT2D eigenvalue weighted by molar-refractivity contribution is 7.86. The van der Waals surface area contributed by atoms with Gasteiger partial charge < -0.3 is 9.08 Å². The fourth-order valence-electron chi connectivity index (χ4n) is 2.56. The number of hydrogen-bond donors (Lipinski definition) is 0. The minimum Gasteiger partial charge on any atom is -0.383 e. The van der Waals surface area contributed by atoms with E-state index in [0.717, 1.165) is 23.8 Å². The summed E-state index contributed by atoms with van der Waals surface area (Å²) in [5.41, 5.74) is 1.88. The molecule has 150 valence electrons. The molecule has 0 fully saturated rings. The van der Waals surface area contributed by atoms with Crippen LogP contribution in [0.2, 0.25) is 0 Å². The van der Waals surface area contributed by atoms with Crippen molar-refractivity contribution in [3.8, 4) is 5.75 Å². The van der Waals surface area contributed by atoms with Crippen LogP contribution in [0, 0.1) is 5.92 Å². The van der Waals surface area contributed by atoms with Gasteiger partial charge in [0.05, 0.1) is 6.26 Å². The standard InChI is InChI=1S/C22H27NO4S/c1-18(2)15-16-23(22(24)14-11-19-7-5-4-6-8-19)17-20-9-12-21(13-10-20)27-28(3,25)26/h4-14,18H,15-17H2,1-3H3. The Bertz CT molecular complexity index is 888. The Kier molecular flexibility index (Phi) is 7.81. The number of carbonyl (C=O) groups is 1. The Morgan fingerprint density at radius 3 is 2.29 bits per heavy atom. The van der Waals surface area contributed by atoms with Crippen molar-refractivity contribution < 1.29 is 17.4 Å². The van der Waals surface area contributed by atoms with E-state index in [0.29, 0.717) is 19.0 Å².